The molecule has 0 radical (unpaired) electrons. The number of fused-ring (bicyclic) bond motifs is 1. The van der Waals surface area contributed by atoms with Crippen LogP contribution >= 0.6 is 11.6 Å². The molecule has 106 valence electrons. The second-order valence-corrected chi connectivity index (χ2v) is 5.01. The summed E-state index contributed by atoms with van der Waals surface area (Å²) in [7, 11) is 0. The minimum atomic E-state index is -0.306. The number of anilines is 2. The van der Waals surface area contributed by atoms with Crippen LogP contribution in [-0.2, 0) is 0 Å². The van der Waals surface area contributed by atoms with Crippen LogP contribution in [0.25, 0.3) is 5.65 Å². The molecule has 6 heteroatoms. The fourth-order valence-corrected chi connectivity index (χ4v) is 2.21. The highest BCUT2D eigenvalue weighted by molar-refractivity contribution is 6.30. The van der Waals surface area contributed by atoms with Crippen molar-refractivity contribution in [2.75, 3.05) is 10.6 Å². The Kier molecular flexibility index (Phi) is 3.50. The van der Waals surface area contributed by atoms with Crippen LogP contribution in [0.4, 0.5) is 16.2 Å². The molecule has 0 aliphatic heterocycles. The summed E-state index contributed by atoms with van der Waals surface area (Å²) in [6.07, 6.45) is 3.58. The molecule has 21 heavy (non-hydrogen) atoms. The molecule has 0 bridgehead atoms. The van der Waals surface area contributed by atoms with Gasteiger partial charge in [0.05, 0.1) is 5.69 Å². The molecule has 2 amide bonds. The zero-order valence-electron chi connectivity index (χ0n) is 11.3. The van der Waals surface area contributed by atoms with E-state index in [-0.39, 0.29) is 6.03 Å². The van der Waals surface area contributed by atoms with Gasteiger partial charge in [0.15, 0.2) is 0 Å². The molecule has 2 aromatic heterocycles. The number of rotatable bonds is 2. The average Bonchev–Trinajstić information content (AvgIpc) is 2.94. The first-order valence-electron chi connectivity index (χ1n) is 6.40. The summed E-state index contributed by atoms with van der Waals surface area (Å²) in [5.41, 5.74) is 3.16. The van der Waals surface area contributed by atoms with E-state index in [2.05, 4.69) is 15.6 Å². The van der Waals surface area contributed by atoms with E-state index >= 15 is 0 Å². The Hall–Kier alpha value is -2.53. The van der Waals surface area contributed by atoms with Gasteiger partial charge in [0.1, 0.15) is 5.65 Å². The summed E-state index contributed by atoms with van der Waals surface area (Å²) in [5.74, 6) is 0. The molecule has 0 saturated heterocycles. The molecular formula is C15H13ClN4O. The van der Waals surface area contributed by atoms with Crippen molar-refractivity contribution < 1.29 is 4.79 Å². The first-order valence-corrected chi connectivity index (χ1v) is 6.77. The van der Waals surface area contributed by atoms with Crippen LogP contribution in [0.2, 0.25) is 5.02 Å². The highest BCUT2D eigenvalue weighted by Crippen LogP contribution is 2.18. The largest absolute Gasteiger partial charge is 0.323 e. The van der Waals surface area contributed by atoms with Crippen LogP contribution in [0.1, 0.15) is 5.69 Å². The van der Waals surface area contributed by atoms with E-state index in [1.54, 1.807) is 30.5 Å². The summed E-state index contributed by atoms with van der Waals surface area (Å²) in [4.78, 5) is 16.2. The molecule has 0 aliphatic carbocycles. The smallest absolute Gasteiger partial charge is 0.308 e. The third kappa shape index (κ3) is 2.83. The number of hydrogen-bond acceptors (Lipinski definition) is 2. The predicted octanol–water partition coefficient (Wildman–Crippen LogP) is 3.94. The fourth-order valence-electron chi connectivity index (χ4n) is 2.08. The Balaban J connectivity index is 1.76. The van der Waals surface area contributed by atoms with E-state index < -0.39 is 0 Å². The van der Waals surface area contributed by atoms with E-state index in [0.29, 0.717) is 10.7 Å². The lowest BCUT2D eigenvalue weighted by atomic mass is 10.3. The van der Waals surface area contributed by atoms with E-state index in [0.717, 1.165) is 17.0 Å². The Labute approximate surface area is 126 Å². The maximum Gasteiger partial charge on any atom is 0.323 e. The first-order chi connectivity index (χ1) is 10.1. The van der Waals surface area contributed by atoms with Crippen LogP contribution in [0.15, 0.2) is 48.8 Å². The number of halogens is 1. The third-order valence-corrected chi connectivity index (χ3v) is 3.42. The summed E-state index contributed by atoms with van der Waals surface area (Å²) in [5, 5.41) is 6.20. The standard InChI is InChI=1S/C15H13ClN4O/c1-10-13(6-7-14-17-8-9-20(10)14)19-15(21)18-12-4-2-11(16)3-5-12/h2-9H,1H3,(H2,18,19,21). The molecule has 0 fully saturated rings. The second kappa shape index (κ2) is 5.46. The highest BCUT2D eigenvalue weighted by Gasteiger charge is 2.07. The number of aromatic nitrogens is 2. The molecule has 0 spiro atoms. The van der Waals surface area contributed by atoms with Gasteiger partial charge in [0.25, 0.3) is 0 Å². The number of carbonyl (C=O) groups is 1. The number of imidazole rings is 1. The molecule has 0 atom stereocenters. The van der Waals surface area contributed by atoms with Crippen molar-refractivity contribution in [1.29, 1.82) is 0 Å². The number of urea groups is 1. The molecule has 2 heterocycles. The topological polar surface area (TPSA) is 58.4 Å². The van der Waals surface area contributed by atoms with Crippen molar-refractivity contribution in [3.63, 3.8) is 0 Å². The number of carbonyl (C=O) groups excluding carboxylic acids is 1. The lowest BCUT2D eigenvalue weighted by Crippen LogP contribution is -2.20. The Morgan fingerprint density at radius 2 is 1.90 bits per heavy atom. The van der Waals surface area contributed by atoms with Gasteiger partial charge in [-0.05, 0) is 43.3 Å². The van der Waals surface area contributed by atoms with Gasteiger partial charge in [-0.15, -0.1) is 0 Å². The summed E-state index contributed by atoms with van der Waals surface area (Å²) >= 11 is 5.81. The number of nitrogens with zero attached hydrogens (tertiary/aromatic N) is 2. The van der Waals surface area contributed by atoms with Crippen molar-refractivity contribution >= 4 is 34.7 Å². The summed E-state index contributed by atoms with van der Waals surface area (Å²) in [6, 6.07) is 10.3. The van der Waals surface area contributed by atoms with Crippen LogP contribution in [-0.4, -0.2) is 15.4 Å². The highest BCUT2D eigenvalue weighted by atomic mass is 35.5. The van der Waals surface area contributed by atoms with Gasteiger partial charge in [-0.25, -0.2) is 9.78 Å². The quantitative estimate of drug-likeness (QED) is 0.753. The summed E-state index contributed by atoms with van der Waals surface area (Å²) in [6.45, 7) is 1.92. The Bertz CT molecular complexity index is 795. The molecule has 1 aromatic carbocycles. The maximum absolute atomic E-state index is 12.0. The molecule has 0 unspecified atom stereocenters. The first kappa shape index (κ1) is 13.5. The van der Waals surface area contributed by atoms with Crippen molar-refractivity contribution in [2.24, 2.45) is 0 Å². The average molecular weight is 301 g/mol. The number of pyridine rings is 1. The maximum atomic E-state index is 12.0. The van der Waals surface area contributed by atoms with Gasteiger partial charge in [0.2, 0.25) is 0 Å². The molecule has 0 aliphatic rings. The van der Waals surface area contributed by atoms with E-state index in [1.165, 1.54) is 0 Å². The minimum Gasteiger partial charge on any atom is -0.308 e. The second-order valence-electron chi connectivity index (χ2n) is 4.57. The normalized spacial score (nSPS) is 10.6. The fraction of sp³-hybridized carbons (Fsp3) is 0.0667. The third-order valence-electron chi connectivity index (χ3n) is 3.17. The van der Waals surface area contributed by atoms with Crippen molar-refractivity contribution in [3.05, 3.63) is 59.5 Å². The number of benzene rings is 1. The van der Waals surface area contributed by atoms with Crippen LogP contribution in [0.3, 0.4) is 0 Å². The van der Waals surface area contributed by atoms with Gasteiger partial charge >= 0.3 is 6.03 Å². The zero-order valence-corrected chi connectivity index (χ0v) is 12.1. The van der Waals surface area contributed by atoms with Gasteiger partial charge in [-0.2, -0.15) is 0 Å². The zero-order chi connectivity index (χ0) is 14.8. The van der Waals surface area contributed by atoms with Gasteiger partial charge in [-0.3, -0.25) is 0 Å². The van der Waals surface area contributed by atoms with Crippen molar-refractivity contribution in [1.82, 2.24) is 9.38 Å². The van der Waals surface area contributed by atoms with Crippen LogP contribution < -0.4 is 10.6 Å². The van der Waals surface area contributed by atoms with E-state index in [9.17, 15) is 4.79 Å². The molecule has 3 aromatic rings. The predicted molar refractivity (Wildman–Crippen MR) is 84.0 cm³/mol. The lowest BCUT2D eigenvalue weighted by molar-refractivity contribution is 0.262. The monoisotopic (exact) mass is 300 g/mol. The van der Waals surface area contributed by atoms with Gasteiger partial charge in [0, 0.05) is 28.8 Å². The SMILES string of the molecule is Cc1c(NC(=O)Nc2ccc(Cl)cc2)ccc2nccn12. The van der Waals surface area contributed by atoms with E-state index in [4.69, 9.17) is 11.6 Å². The lowest BCUT2D eigenvalue weighted by Gasteiger charge is -2.11. The minimum absolute atomic E-state index is 0.306. The molecule has 0 saturated carbocycles. The number of aryl methyl sites for hydroxylation is 1. The van der Waals surface area contributed by atoms with Crippen LogP contribution in [0.5, 0.6) is 0 Å². The van der Waals surface area contributed by atoms with Crippen LogP contribution in [0, 0.1) is 6.92 Å². The van der Waals surface area contributed by atoms with Gasteiger partial charge < -0.3 is 15.0 Å². The number of amides is 2. The molecule has 5 nitrogen and oxygen atoms in total. The van der Waals surface area contributed by atoms with Crippen molar-refractivity contribution in [2.45, 2.75) is 6.92 Å². The molecular weight excluding hydrogens is 288 g/mol. The summed E-state index contributed by atoms with van der Waals surface area (Å²) < 4.78 is 1.91. The van der Waals surface area contributed by atoms with Gasteiger partial charge in [-0.1, -0.05) is 11.6 Å². The van der Waals surface area contributed by atoms with E-state index in [1.807, 2.05) is 29.7 Å². The molecule has 2 N–H and O–H groups in total. The van der Waals surface area contributed by atoms with Crippen molar-refractivity contribution in [3.8, 4) is 0 Å². The number of nitrogens with one attached hydrogen (secondary N) is 2. The Morgan fingerprint density at radius 1 is 1.14 bits per heavy atom. The Morgan fingerprint density at radius 3 is 2.67 bits per heavy atom. The molecule has 3 rings (SSSR count). The number of hydrogen-bond donors (Lipinski definition) is 2.